The van der Waals surface area contributed by atoms with Crippen LogP contribution in [0.1, 0.15) is 29.5 Å². The van der Waals surface area contributed by atoms with Crippen LogP contribution in [0.5, 0.6) is 0 Å². The van der Waals surface area contributed by atoms with Crippen LogP contribution in [0.2, 0.25) is 0 Å². The summed E-state index contributed by atoms with van der Waals surface area (Å²) in [7, 11) is 2.13. The minimum Gasteiger partial charge on any atom is -0.366 e. The number of aromatic nitrogens is 1. The van der Waals surface area contributed by atoms with E-state index in [2.05, 4.69) is 89.9 Å². The zero-order valence-corrected chi connectivity index (χ0v) is 21.3. The third kappa shape index (κ3) is 4.25. The second-order valence-electron chi connectivity index (χ2n) is 10.0. The molecular formula is C27H33BrN6. The van der Waals surface area contributed by atoms with Crippen molar-refractivity contribution in [1.82, 2.24) is 30.5 Å². The third-order valence-corrected chi connectivity index (χ3v) is 8.41. The van der Waals surface area contributed by atoms with Crippen molar-refractivity contribution >= 4 is 15.9 Å². The van der Waals surface area contributed by atoms with Gasteiger partial charge in [-0.15, -0.1) is 0 Å². The van der Waals surface area contributed by atoms with Gasteiger partial charge in [0.15, 0.2) is 0 Å². The highest BCUT2D eigenvalue weighted by Gasteiger charge is 2.39. The summed E-state index contributed by atoms with van der Waals surface area (Å²) in [6.45, 7) is 4.01. The fraction of sp³-hybridized carbons (Fsp3) is 0.444. The van der Waals surface area contributed by atoms with Gasteiger partial charge in [-0.2, -0.15) is 0 Å². The van der Waals surface area contributed by atoms with Crippen molar-refractivity contribution in [3.63, 3.8) is 0 Å². The molecule has 2 unspecified atom stereocenters. The fourth-order valence-electron chi connectivity index (χ4n) is 6.06. The number of piperidine rings is 1. The van der Waals surface area contributed by atoms with E-state index in [0.29, 0.717) is 18.0 Å². The molecule has 1 aliphatic carbocycles. The summed E-state index contributed by atoms with van der Waals surface area (Å²) in [5.41, 5.74) is 4.28. The fourth-order valence-corrected chi connectivity index (χ4v) is 6.70. The first-order valence-electron chi connectivity index (χ1n) is 12.5. The Bertz CT molecular complexity index is 1070. The monoisotopic (exact) mass is 520 g/mol. The summed E-state index contributed by atoms with van der Waals surface area (Å²) in [6.07, 6.45) is 11.1. The first-order chi connectivity index (χ1) is 16.7. The molecule has 7 heteroatoms. The van der Waals surface area contributed by atoms with E-state index in [0.717, 1.165) is 25.5 Å². The first kappa shape index (κ1) is 22.1. The number of likely N-dealkylation sites (tertiary alicyclic amines) is 1. The molecular weight excluding hydrogens is 488 g/mol. The van der Waals surface area contributed by atoms with Crippen LogP contribution in [0.4, 0.5) is 0 Å². The zero-order valence-electron chi connectivity index (χ0n) is 19.8. The topological polar surface area (TPSA) is 46.7 Å². The van der Waals surface area contributed by atoms with E-state index in [9.17, 15) is 0 Å². The molecule has 0 amide bonds. The van der Waals surface area contributed by atoms with Crippen molar-refractivity contribution in [3.8, 4) is 0 Å². The molecule has 3 aliphatic heterocycles. The molecule has 6 rings (SSSR count). The Morgan fingerprint density at radius 1 is 1.15 bits per heavy atom. The number of nitrogens with one attached hydrogen (secondary N) is 2. The van der Waals surface area contributed by atoms with E-state index in [4.69, 9.17) is 0 Å². The van der Waals surface area contributed by atoms with E-state index >= 15 is 0 Å². The van der Waals surface area contributed by atoms with Crippen molar-refractivity contribution in [3.05, 3.63) is 87.7 Å². The van der Waals surface area contributed by atoms with Gasteiger partial charge < -0.3 is 10.6 Å². The number of hydrazine groups is 1. The maximum atomic E-state index is 4.27. The molecule has 0 bridgehead atoms. The van der Waals surface area contributed by atoms with Gasteiger partial charge >= 0.3 is 0 Å². The summed E-state index contributed by atoms with van der Waals surface area (Å²) in [5.74, 6) is 2.92. The number of fused-ring (bicyclic) bond motifs is 2. The molecule has 0 spiro atoms. The molecule has 6 nitrogen and oxygen atoms in total. The number of pyridine rings is 1. The summed E-state index contributed by atoms with van der Waals surface area (Å²) in [5, 5.41) is 12.1. The Balaban J connectivity index is 1.20. The minimum atomic E-state index is 0.313. The molecule has 2 N–H and O–H groups in total. The molecule has 178 valence electrons. The number of likely N-dealkylation sites (N-methyl/N-ethyl adjacent to an activating group) is 1. The van der Waals surface area contributed by atoms with Crippen LogP contribution < -0.4 is 10.6 Å². The average Bonchev–Trinajstić information content (AvgIpc) is 3.44. The van der Waals surface area contributed by atoms with Crippen LogP contribution in [0, 0.1) is 5.92 Å². The first-order valence-corrected chi connectivity index (χ1v) is 13.3. The van der Waals surface area contributed by atoms with Gasteiger partial charge in [0.05, 0.1) is 17.1 Å². The van der Waals surface area contributed by atoms with Crippen molar-refractivity contribution in [2.24, 2.45) is 5.92 Å². The minimum absolute atomic E-state index is 0.313. The molecule has 4 heterocycles. The van der Waals surface area contributed by atoms with Gasteiger partial charge in [0, 0.05) is 38.6 Å². The van der Waals surface area contributed by atoms with Crippen LogP contribution >= 0.6 is 15.9 Å². The summed E-state index contributed by atoms with van der Waals surface area (Å²) >= 11 is 3.84. The van der Waals surface area contributed by atoms with E-state index in [1.54, 1.807) is 11.1 Å². The lowest BCUT2D eigenvalue weighted by Gasteiger charge is -2.43. The average molecular weight is 522 g/mol. The number of halogens is 1. The molecule has 0 radical (unpaired) electrons. The van der Waals surface area contributed by atoms with Crippen LogP contribution in [-0.4, -0.2) is 58.7 Å². The van der Waals surface area contributed by atoms with Crippen LogP contribution in [0.3, 0.4) is 0 Å². The number of nitrogens with zero attached hydrogens (tertiary/aromatic N) is 4. The van der Waals surface area contributed by atoms with E-state index in [1.165, 1.54) is 48.1 Å². The Hall–Kier alpha value is -2.35. The number of rotatable bonds is 5. The third-order valence-electron chi connectivity index (χ3n) is 7.79. The normalized spacial score (nSPS) is 25.7. The van der Waals surface area contributed by atoms with E-state index < -0.39 is 0 Å². The Morgan fingerprint density at radius 3 is 2.74 bits per heavy atom. The molecule has 34 heavy (non-hydrogen) atoms. The van der Waals surface area contributed by atoms with Crippen LogP contribution in [0.15, 0.2) is 71.0 Å². The lowest BCUT2D eigenvalue weighted by Crippen LogP contribution is -2.54. The highest BCUT2D eigenvalue weighted by molar-refractivity contribution is 9.11. The van der Waals surface area contributed by atoms with Crippen LogP contribution in [-0.2, 0) is 19.4 Å². The van der Waals surface area contributed by atoms with Crippen molar-refractivity contribution in [2.45, 2.75) is 44.3 Å². The summed E-state index contributed by atoms with van der Waals surface area (Å²) < 4.78 is 1.22. The number of hydrogen-bond acceptors (Lipinski definition) is 6. The predicted octanol–water partition coefficient (Wildman–Crippen LogP) is 3.59. The Kier molecular flexibility index (Phi) is 6.09. The molecule has 4 aliphatic rings. The molecule has 1 fully saturated rings. The standard InChI is InChI=1S/C27H33BrN6/c1-32-18-24(28)27-31-25(14-26(34(27)32)30-16-19-6-4-10-29-15-19)22-9-5-11-33(17-22)23-12-20-7-2-3-8-21(20)13-23/h2-4,6-8,10,14-15,22-23,25,30-31H,5,9,11-13,16-18H2,1H3. The molecule has 1 aromatic heterocycles. The molecule has 2 atom stereocenters. The molecule has 1 saturated heterocycles. The molecule has 1 aromatic carbocycles. The van der Waals surface area contributed by atoms with Gasteiger partial charge in [-0.3, -0.25) is 9.88 Å². The van der Waals surface area contributed by atoms with Crippen LogP contribution in [0.25, 0.3) is 0 Å². The summed E-state index contributed by atoms with van der Waals surface area (Å²) in [6, 6.07) is 14.1. The maximum absolute atomic E-state index is 4.27. The van der Waals surface area contributed by atoms with Crippen molar-refractivity contribution in [2.75, 3.05) is 26.7 Å². The quantitative estimate of drug-likeness (QED) is 0.628. The van der Waals surface area contributed by atoms with Gasteiger partial charge in [-0.1, -0.05) is 46.3 Å². The number of benzene rings is 1. The Labute approximate surface area is 210 Å². The lowest BCUT2D eigenvalue weighted by molar-refractivity contribution is 0.0700. The maximum Gasteiger partial charge on any atom is 0.135 e. The van der Waals surface area contributed by atoms with Gasteiger partial charge in [-0.25, -0.2) is 10.0 Å². The number of hydrogen-bond donors (Lipinski definition) is 2. The predicted molar refractivity (Wildman–Crippen MR) is 138 cm³/mol. The highest BCUT2D eigenvalue weighted by Crippen LogP contribution is 2.35. The SMILES string of the molecule is CN1CC(Br)=C2NC(C3CCCN(C4Cc5ccccc5C4)C3)C=C(NCc3cccnc3)N21. The van der Waals surface area contributed by atoms with Gasteiger partial charge in [0.2, 0.25) is 0 Å². The molecule has 2 aromatic rings. The smallest absolute Gasteiger partial charge is 0.135 e. The lowest BCUT2D eigenvalue weighted by atomic mass is 9.88. The Morgan fingerprint density at radius 2 is 1.97 bits per heavy atom. The second kappa shape index (κ2) is 9.36. The second-order valence-corrected chi connectivity index (χ2v) is 11.0. The van der Waals surface area contributed by atoms with E-state index in [-0.39, 0.29) is 0 Å². The van der Waals surface area contributed by atoms with E-state index in [1.807, 2.05) is 18.5 Å². The van der Waals surface area contributed by atoms with Gasteiger partial charge in [0.25, 0.3) is 0 Å². The molecule has 0 saturated carbocycles. The largest absolute Gasteiger partial charge is 0.366 e. The van der Waals surface area contributed by atoms with Crippen molar-refractivity contribution < 1.29 is 0 Å². The van der Waals surface area contributed by atoms with Gasteiger partial charge in [-0.05, 0) is 67.0 Å². The highest BCUT2D eigenvalue weighted by atomic mass is 79.9. The van der Waals surface area contributed by atoms with Crippen molar-refractivity contribution in [1.29, 1.82) is 0 Å². The summed E-state index contributed by atoms with van der Waals surface area (Å²) in [4.78, 5) is 7.04. The zero-order chi connectivity index (χ0) is 23.1. The van der Waals surface area contributed by atoms with Gasteiger partial charge in [0.1, 0.15) is 11.6 Å².